The summed E-state index contributed by atoms with van der Waals surface area (Å²) in [4.78, 5) is 43.4. The van der Waals surface area contributed by atoms with E-state index in [2.05, 4.69) is 10.3 Å². The molecule has 0 aliphatic carbocycles. The van der Waals surface area contributed by atoms with E-state index in [9.17, 15) is 14.4 Å². The predicted octanol–water partition coefficient (Wildman–Crippen LogP) is 2.57. The molecule has 7 nitrogen and oxygen atoms in total. The van der Waals surface area contributed by atoms with Crippen LogP contribution in [0.2, 0.25) is 0 Å². The number of carbonyl (C=O) groups is 1. The van der Waals surface area contributed by atoms with E-state index >= 15 is 0 Å². The van der Waals surface area contributed by atoms with Crippen LogP contribution in [0.5, 0.6) is 0 Å². The van der Waals surface area contributed by atoms with Gasteiger partial charge in [0.05, 0.1) is 23.8 Å². The van der Waals surface area contributed by atoms with Crippen molar-refractivity contribution in [1.29, 1.82) is 0 Å². The van der Waals surface area contributed by atoms with Crippen LogP contribution >= 0.6 is 22.7 Å². The van der Waals surface area contributed by atoms with Gasteiger partial charge in [0.25, 0.3) is 11.5 Å². The molecule has 1 N–H and O–H groups in total. The molecule has 1 amide bonds. The fourth-order valence-electron chi connectivity index (χ4n) is 3.02. The standard InChI is InChI=1S/C20H18N4O3S2/c1-12-18(26)23(9-14-6-4-3-5-7-14)20(27)24-10-16(29-19(12)24)17(25)21-8-15-11-28-13(2)22-15/h3-7,10-11H,8-9H2,1-2H3,(H,21,25). The third-order valence-corrected chi connectivity index (χ3v) is 6.53. The first kappa shape index (κ1) is 19.3. The minimum atomic E-state index is -0.454. The van der Waals surface area contributed by atoms with E-state index in [4.69, 9.17) is 0 Å². The van der Waals surface area contributed by atoms with Gasteiger partial charge in [0.15, 0.2) is 0 Å². The number of hydrogen-bond donors (Lipinski definition) is 1. The van der Waals surface area contributed by atoms with Crippen LogP contribution in [0.1, 0.15) is 31.5 Å². The highest BCUT2D eigenvalue weighted by Crippen LogP contribution is 2.18. The third kappa shape index (κ3) is 3.79. The van der Waals surface area contributed by atoms with Gasteiger partial charge >= 0.3 is 5.69 Å². The molecule has 0 atom stereocenters. The van der Waals surface area contributed by atoms with Crippen LogP contribution in [0.4, 0.5) is 0 Å². The van der Waals surface area contributed by atoms with E-state index < -0.39 is 5.69 Å². The molecular formula is C20H18N4O3S2. The maximum absolute atomic E-state index is 12.9. The molecule has 4 aromatic rings. The smallest absolute Gasteiger partial charge is 0.336 e. The van der Waals surface area contributed by atoms with Crippen LogP contribution in [0, 0.1) is 13.8 Å². The fourth-order valence-corrected chi connectivity index (χ4v) is 4.64. The van der Waals surface area contributed by atoms with Crippen molar-refractivity contribution in [3.63, 3.8) is 0 Å². The number of carbonyl (C=O) groups excluding carboxylic acids is 1. The van der Waals surface area contributed by atoms with E-state index in [0.29, 0.717) is 21.8 Å². The Hall–Kier alpha value is -3.04. The van der Waals surface area contributed by atoms with E-state index in [1.165, 1.54) is 26.5 Å². The van der Waals surface area contributed by atoms with Crippen molar-refractivity contribution < 1.29 is 4.79 Å². The first-order chi connectivity index (χ1) is 13.9. The molecule has 0 saturated heterocycles. The molecule has 9 heteroatoms. The second kappa shape index (κ2) is 7.76. The van der Waals surface area contributed by atoms with E-state index in [0.717, 1.165) is 27.6 Å². The number of benzene rings is 1. The van der Waals surface area contributed by atoms with Crippen LogP contribution in [-0.2, 0) is 13.1 Å². The van der Waals surface area contributed by atoms with Gasteiger partial charge < -0.3 is 5.32 Å². The second-order valence-electron chi connectivity index (χ2n) is 6.60. The van der Waals surface area contributed by atoms with Crippen molar-refractivity contribution in [2.24, 2.45) is 0 Å². The molecule has 0 unspecified atom stereocenters. The number of amides is 1. The molecule has 148 valence electrons. The monoisotopic (exact) mass is 426 g/mol. The zero-order valence-electron chi connectivity index (χ0n) is 15.8. The van der Waals surface area contributed by atoms with Crippen molar-refractivity contribution in [2.75, 3.05) is 0 Å². The fraction of sp³-hybridized carbons (Fsp3) is 0.200. The van der Waals surface area contributed by atoms with Crippen LogP contribution in [0.25, 0.3) is 4.83 Å². The zero-order valence-corrected chi connectivity index (χ0v) is 17.5. The van der Waals surface area contributed by atoms with E-state index in [1.807, 2.05) is 42.6 Å². The van der Waals surface area contributed by atoms with Gasteiger partial charge in [0.1, 0.15) is 9.71 Å². The highest BCUT2D eigenvalue weighted by atomic mass is 32.1. The Morgan fingerprint density at radius 2 is 1.93 bits per heavy atom. The van der Waals surface area contributed by atoms with Crippen molar-refractivity contribution in [2.45, 2.75) is 26.9 Å². The van der Waals surface area contributed by atoms with Gasteiger partial charge in [-0.2, -0.15) is 0 Å². The Balaban J connectivity index is 1.67. The molecule has 0 saturated carbocycles. The number of rotatable bonds is 5. The van der Waals surface area contributed by atoms with Crippen LogP contribution < -0.4 is 16.6 Å². The highest BCUT2D eigenvalue weighted by molar-refractivity contribution is 7.19. The normalized spacial score (nSPS) is 11.1. The molecular weight excluding hydrogens is 408 g/mol. The summed E-state index contributed by atoms with van der Waals surface area (Å²) in [6, 6.07) is 9.33. The van der Waals surface area contributed by atoms with Gasteiger partial charge in [-0.05, 0) is 19.4 Å². The molecule has 0 bridgehead atoms. The van der Waals surface area contributed by atoms with Crippen LogP contribution in [-0.4, -0.2) is 19.9 Å². The minimum Gasteiger partial charge on any atom is -0.346 e. The first-order valence-corrected chi connectivity index (χ1v) is 10.6. The molecule has 1 aromatic carbocycles. The number of hydrogen-bond acceptors (Lipinski definition) is 6. The van der Waals surface area contributed by atoms with E-state index in [-0.39, 0.29) is 18.0 Å². The van der Waals surface area contributed by atoms with Gasteiger partial charge in [0, 0.05) is 17.1 Å². The predicted molar refractivity (Wildman–Crippen MR) is 114 cm³/mol. The lowest BCUT2D eigenvalue weighted by Crippen LogP contribution is -2.38. The van der Waals surface area contributed by atoms with Crippen molar-refractivity contribution >= 4 is 33.4 Å². The lowest BCUT2D eigenvalue weighted by atomic mass is 10.2. The summed E-state index contributed by atoms with van der Waals surface area (Å²) >= 11 is 2.66. The third-order valence-electron chi connectivity index (χ3n) is 4.50. The number of nitrogens with zero attached hydrogens (tertiary/aromatic N) is 3. The largest absolute Gasteiger partial charge is 0.346 e. The summed E-state index contributed by atoms with van der Waals surface area (Å²) in [6.07, 6.45) is 1.50. The van der Waals surface area contributed by atoms with Crippen molar-refractivity contribution in [1.82, 2.24) is 19.3 Å². The van der Waals surface area contributed by atoms with Gasteiger partial charge in [-0.3, -0.25) is 18.6 Å². The molecule has 4 rings (SSSR count). The number of aromatic nitrogens is 3. The number of fused-ring (bicyclic) bond motifs is 1. The second-order valence-corrected chi connectivity index (χ2v) is 8.69. The number of thiazole rings is 2. The molecule has 0 spiro atoms. The average molecular weight is 427 g/mol. The molecule has 29 heavy (non-hydrogen) atoms. The Labute approximate surface area is 173 Å². The minimum absolute atomic E-state index is 0.183. The Morgan fingerprint density at radius 3 is 2.62 bits per heavy atom. The Bertz CT molecular complexity index is 1320. The van der Waals surface area contributed by atoms with Gasteiger partial charge in [0.2, 0.25) is 0 Å². The summed E-state index contributed by atoms with van der Waals surface area (Å²) in [5, 5.41) is 5.64. The van der Waals surface area contributed by atoms with Gasteiger partial charge in [-0.1, -0.05) is 30.3 Å². The molecule has 3 aromatic heterocycles. The maximum Gasteiger partial charge on any atom is 0.336 e. The summed E-state index contributed by atoms with van der Waals surface area (Å²) in [5.74, 6) is -0.301. The maximum atomic E-state index is 12.9. The summed E-state index contributed by atoms with van der Waals surface area (Å²) in [5.41, 5.74) is 1.30. The molecule has 0 fully saturated rings. The highest BCUT2D eigenvalue weighted by Gasteiger charge is 2.17. The van der Waals surface area contributed by atoms with Gasteiger partial charge in [-0.25, -0.2) is 9.78 Å². The SMILES string of the molecule is Cc1nc(CNC(=O)c2cn3c(=O)n(Cc4ccccc4)c(=O)c(C)c3s2)cs1. The van der Waals surface area contributed by atoms with Crippen LogP contribution in [0.15, 0.2) is 51.5 Å². The molecule has 0 radical (unpaired) electrons. The lowest BCUT2D eigenvalue weighted by Gasteiger charge is -2.07. The Morgan fingerprint density at radius 1 is 1.17 bits per heavy atom. The molecule has 0 aliphatic heterocycles. The summed E-state index contributed by atoms with van der Waals surface area (Å²) in [7, 11) is 0. The van der Waals surface area contributed by atoms with Gasteiger partial charge in [-0.15, -0.1) is 22.7 Å². The van der Waals surface area contributed by atoms with Crippen molar-refractivity contribution in [3.05, 3.63) is 89.5 Å². The number of nitrogens with one attached hydrogen (secondary N) is 1. The van der Waals surface area contributed by atoms with E-state index in [1.54, 1.807) is 6.92 Å². The molecule has 0 aliphatic rings. The summed E-state index contributed by atoms with van der Waals surface area (Å²) in [6.45, 7) is 4.08. The van der Waals surface area contributed by atoms with Crippen LogP contribution in [0.3, 0.4) is 0 Å². The quantitative estimate of drug-likeness (QED) is 0.532. The lowest BCUT2D eigenvalue weighted by molar-refractivity contribution is 0.0954. The zero-order chi connectivity index (χ0) is 20.5. The average Bonchev–Trinajstić information content (AvgIpc) is 3.35. The first-order valence-electron chi connectivity index (χ1n) is 8.93. The topological polar surface area (TPSA) is 85.5 Å². The number of aryl methyl sites for hydroxylation is 2. The van der Waals surface area contributed by atoms with Crippen molar-refractivity contribution in [3.8, 4) is 0 Å². The molecule has 3 heterocycles. The Kier molecular flexibility index (Phi) is 5.16. The summed E-state index contributed by atoms with van der Waals surface area (Å²) < 4.78 is 2.58.